The zero-order valence-electron chi connectivity index (χ0n) is 3.41. The van der Waals surface area contributed by atoms with E-state index in [1.54, 1.807) is 0 Å². The lowest BCUT2D eigenvalue weighted by molar-refractivity contribution is 2.14. The first-order valence-corrected chi connectivity index (χ1v) is 4.24. The summed E-state index contributed by atoms with van der Waals surface area (Å²) >= 11 is 0. The third kappa shape index (κ3) is 17.2. The topological polar surface area (TPSA) is 0 Å². The molecule has 0 aliphatic rings. The summed E-state index contributed by atoms with van der Waals surface area (Å²) in [7, 11) is 0.417. The lowest BCUT2D eigenvalue weighted by Crippen LogP contribution is -1.53. The summed E-state index contributed by atoms with van der Waals surface area (Å²) < 4.78 is 0. The van der Waals surface area contributed by atoms with Gasteiger partial charge >= 0.3 is 0 Å². The summed E-state index contributed by atoms with van der Waals surface area (Å²) in [5, 5.41) is 0. The van der Waals surface area contributed by atoms with Crippen molar-refractivity contribution in [3.8, 4) is 0 Å². The van der Waals surface area contributed by atoms with Crippen molar-refractivity contribution in [1.82, 2.24) is 0 Å². The van der Waals surface area contributed by atoms with Crippen LogP contribution in [0.4, 0.5) is 0 Å². The fourth-order valence-corrected chi connectivity index (χ4v) is 0. The van der Waals surface area contributed by atoms with Crippen LogP contribution in [0.5, 0.6) is 0 Å². The number of hydrogen-bond donors (Lipinski definition) is 0. The third-order valence-electron chi connectivity index (χ3n) is 0. The normalized spacial score (nSPS) is 4.50. The summed E-state index contributed by atoms with van der Waals surface area (Å²) in [5.74, 6) is 0. The highest BCUT2D eigenvalue weighted by atomic mass is 31.0. The van der Waals surface area contributed by atoms with Crippen LogP contribution in [-0.4, -0.2) is 9.52 Å². The predicted molar refractivity (Wildman–Crippen MR) is 31.4 cm³/mol. The summed E-state index contributed by atoms with van der Waals surface area (Å²) in [5.41, 5.74) is 0. The van der Waals surface area contributed by atoms with Crippen LogP contribution < -0.4 is 0 Å². The first kappa shape index (κ1) is 8.82. The van der Waals surface area contributed by atoms with E-state index in [1.165, 1.54) is 0 Å². The van der Waals surface area contributed by atoms with Gasteiger partial charge in [0.05, 0.1) is 0 Å². The van der Waals surface area contributed by atoms with E-state index in [9.17, 15) is 0 Å². The largest absolute Gasteiger partial charge is 0.153 e. The quantitative estimate of drug-likeness (QED) is 0.299. The molecule has 0 aliphatic carbocycles. The first-order chi connectivity index (χ1) is 1.41. The van der Waals surface area contributed by atoms with Gasteiger partial charge in [-0.05, 0) is 0 Å². The summed E-state index contributed by atoms with van der Waals surface area (Å²) in [6, 6.07) is 0. The molecule has 0 saturated carbocycles. The van der Waals surface area contributed by atoms with Crippen molar-refractivity contribution < 1.29 is 0 Å². The van der Waals surface area contributed by atoms with Crippen LogP contribution in [0.25, 0.3) is 0 Å². The predicted octanol–water partition coefficient (Wildman–Crippen LogP) is 0.309. The van der Waals surface area contributed by atoms with Crippen LogP contribution in [-0.2, 0) is 0 Å². The van der Waals surface area contributed by atoms with Gasteiger partial charge in [-0.2, -0.15) is 9.90 Å². The molecule has 0 spiro atoms. The second-order valence-electron chi connectivity index (χ2n) is 0.707. The van der Waals surface area contributed by atoms with Gasteiger partial charge in [0.25, 0.3) is 0 Å². The molecule has 0 bridgehead atoms. The molecule has 0 aromatic heterocycles. The second-order valence-corrected chi connectivity index (χ2v) is 2.12. The number of hydrogen-bond acceptors (Lipinski definition) is 0. The molecule has 0 fully saturated rings. The van der Waals surface area contributed by atoms with Gasteiger partial charge in [0, 0.05) is 9.52 Å². The monoisotopic (exact) mass is 94.0 g/mol. The molecule has 0 nitrogen and oxygen atoms in total. The SMILES string of the molecule is C[SiH2]C.P. The van der Waals surface area contributed by atoms with E-state index in [0.717, 1.165) is 0 Å². The van der Waals surface area contributed by atoms with E-state index in [2.05, 4.69) is 13.1 Å². The molecular weight excluding hydrogens is 83.1 g/mol. The van der Waals surface area contributed by atoms with E-state index in [-0.39, 0.29) is 9.90 Å². The maximum atomic E-state index is 2.26. The Bertz CT molecular complexity index is 6.00. The van der Waals surface area contributed by atoms with Crippen molar-refractivity contribution in [3.05, 3.63) is 0 Å². The van der Waals surface area contributed by atoms with Gasteiger partial charge < -0.3 is 0 Å². The van der Waals surface area contributed by atoms with Crippen LogP contribution in [0.3, 0.4) is 0 Å². The smallest absolute Gasteiger partial charge is 0.0135 e. The van der Waals surface area contributed by atoms with Crippen LogP contribution >= 0.6 is 9.90 Å². The van der Waals surface area contributed by atoms with Crippen LogP contribution in [0.15, 0.2) is 0 Å². The van der Waals surface area contributed by atoms with E-state index in [4.69, 9.17) is 0 Å². The molecule has 1 atom stereocenters. The van der Waals surface area contributed by atoms with Gasteiger partial charge in [-0.1, -0.05) is 13.1 Å². The van der Waals surface area contributed by atoms with Gasteiger partial charge in [-0.3, -0.25) is 0 Å². The van der Waals surface area contributed by atoms with Crippen molar-refractivity contribution in [2.75, 3.05) is 0 Å². The highest BCUT2D eigenvalue weighted by Crippen LogP contribution is 1.36. The molecule has 28 valence electrons. The van der Waals surface area contributed by atoms with E-state index < -0.39 is 0 Å². The third-order valence-corrected chi connectivity index (χ3v) is 0. The van der Waals surface area contributed by atoms with Crippen molar-refractivity contribution in [3.63, 3.8) is 0 Å². The summed E-state index contributed by atoms with van der Waals surface area (Å²) in [4.78, 5) is 0. The lowest BCUT2D eigenvalue weighted by Gasteiger charge is -1.45. The van der Waals surface area contributed by atoms with Crippen LogP contribution in [0.2, 0.25) is 13.1 Å². The van der Waals surface area contributed by atoms with Crippen molar-refractivity contribution >= 4 is 19.4 Å². The Morgan fingerprint density at radius 1 is 1.25 bits per heavy atom. The van der Waals surface area contributed by atoms with Crippen LogP contribution in [0.1, 0.15) is 0 Å². The Morgan fingerprint density at radius 2 is 1.25 bits per heavy atom. The molecule has 0 rings (SSSR count). The van der Waals surface area contributed by atoms with Gasteiger partial charge in [0.15, 0.2) is 0 Å². The summed E-state index contributed by atoms with van der Waals surface area (Å²) in [6.45, 7) is 4.53. The molecule has 2 heteroatoms. The Balaban J connectivity index is 0. The fraction of sp³-hybridized carbons (Fsp3) is 1.00. The molecule has 0 radical (unpaired) electrons. The standard InChI is InChI=1S/C2H8Si.H3P/c1-3-2;/h3H2,1-2H3;1H3. The molecule has 0 saturated heterocycles. The van der Waals surface area contributed by atoms with E-state index in [0.29, 0.717) is 9.52 Å². The van der Waals surface area contributed by atoms with Crippen molar-refractivity contribution in [1.29, 1.82) is 0 Å². The van der Waals surface area contributed by atoms with Gasteiger partial charge in [0.1, 0.15) is 0 Å². The second kappa shape index (κ2) is 9.42. The lowest BCUT2D eigenvalue weighted by atomic mass is 11.9. The zero-order chi connectivity index (χ0) is 2.71. The molecule has 4 heavy (non-hydrogen) atoms. The Morgan fingerprint density at radius 3 is 1.25 bits per heavy atom. The Hall–Kier alpha value is 0.647. The molecule has 0 aliphatic heterocycles. The minimum absolute atomic E-state index is 0. The maximum Gasteiger partial charge on any atom is 0.0135 e. The molecule has 0 aromatic carbocycles. The molecule has 0 amide bonds. The molecular formula is C2H11PSi. The fourth-order valence-electron chi connectivity index (χ4n) is 0. The average molecular weight is 94.2 g/mol. The van der Waals surface area contributed by atoms with Gasteiger partial charge in [0.2, 0.25) is 0 Å². The highest BCUT2D eigenvalue weighted by Gasteiger charge is 1.38. The number of rotatable bonds is 0. The van der Waals surface area contributed by atoms with E-state index >= 15 is 0 Å². The average Bonchev–Trinajstić information content (AvgIpc) is 0.918. The summed E-state index contributed by atoms with van der Waals surface area (Å²) in [6.07, 6.45) is 0. The molecule has 0 aromatic rings. The first-order valence-electron chi connectivity index (χ1n) is 1.41. The Kier molecular flexibility index (Phi) is 20.8. The van der Waals surface area contributed by atoms with Gasteiger partial charge in [-0.25, -0.2) is 0 Å². The minimum atomic E-state index is 0. The zero-order valence-corrected chi connectivity index (χ0v) is 6.24. The van der Waals surface area contributed by atoms with Crippen molar-refractivity contribution in [2.24, 2.45) is 0 Å². The molecule has 0 heterocycles. The van der Waals surface area contributed by atoms with Crippen LogP contribution in [0, 0.1) is 0 Å². The van der Waals surface area contributed by atoms with Crippen molar-refractivity contribution in [2.45, 2.75) is 13.1 Å². The Labute approximate surface area is 33.4 Å². The van der Waals surface area contributed by atoms with E-state index in [1.807, 2.05) is 0 Å². The maximum absolute atomic E-state index is 2.26. The molecule has 0 N–H and O–H groups in total. The van der Waals surface area contributed by atoms with Gasteiger partial charge in [-0.15, -0.1) is 0 Å². The minimum Gasteiger partial charge on any atom is -0.153 e. The highest BCUT2D eigenvalue weighted by molar-refractivity contribution is 6.92. The molecule has 1 unspecified atom stereocenters.